The zero-order valence-corrected chi connectivity index (χ0v) is 7.34. The van der Waals surface area contributed by atoms with E-state index in [-0.39, 0.29) is 6.61 Å². The lowest BCUT2D eigenvalue weighted by Crippen LogP contribution is -1.83. The van der Waals surface area contributed by atoms with Crippen molar-refractivity contribution in [1.82, 2.24) is 0 Å². The minimum atomic E-state index is 0.132. The molecule has 1 nitrogen and oxygen atoms in total. The van der Waals surface area contributed by atoms with Gasteiger partial charge in [-0.15, -0.1) is 0 Å². The Morgan fingerprint density at radius 2 is 2.18 bits per heavy atom. The standard InChI is InChI=1S/C10H18O/c1-3-5-6-7-10(4-2)8-9-11/h4,8,11H,2-3,5-7,9H2,1H3. The fourth-order valence-corrected chi connectivity index (χ4v) is 0.984. The van der Waals surface area contributed by atoms with Gasteiger partial charge in [0.05, 0.1) is 6.61 Å². The summed E-state index contributed by atoms with van der Waals surface area (Å²) in [6, 6.07) is 0. The second-order valence-electron chi connectivity index (χ2n) is 2.62. The lowest BCUT2D eigenvalue weighted by atomic mass is 10.1. The summed E-state index contributed by atoms with van der Waals surface area (Å²) in [5, 5.41) is 8.60. The Labute approximate surface area is 69.4 Å². The number of unbranched alkanes of at least 4 members (excludes halogenated alkanes) is 2. The van der Waals surface area contributed by atoms with Crippen LogP contribution in [0.25, 0.3) is 0 Å². The van der Waals surface area contributed by atoms with Crippen molar-refractivity contribution in [3.63, 3.8) is 0 Å². The Balaban J connectivity index is 3.52. The van der Waals surface area contributed by atoms with E-state index >= 15 is 0 Å². The third-order valence-corrected chi connectivity index (χ3v) is 1.68. The van der Waals surface area contributed by atoms with Gasteiger partial charge in [0, 0.05) is 0 Å². The van der Waals surface area contributed by atoms with Crippen molar-refractivity contribution in [3.8, 4) is 0 Å². The van der Waals surface area contributed by atoms with Crippen molar-refractivity contribution < 1.29 is 5.11 Å². The average Bonchev–Trinajstić information content (AvgIpc) is 2.03. The quantitative estimate of drug-likeness (QED) is 0.460. The molecule has 64 valence electrons. The fourth-order valence-electron chi connectivity index (χ4n) is 0.984. The van der Waals surface area contributed by atoms with E-state index < -0.39 is 0 Å². The topological polar surface area (TPSA) is 20.2 Å². The molecule has 0 saturated carbocycles. The van der Waals surface area contributed by atoms with Crippen LogP contribution in [0.3, 0.4) is 0 Å². The van der Waals surface area contributed by atoms with Crippen molar-refractivity contribution in [1.29, 1.82) is 0 Å². The van der Waals surface area contributed by atoms with Crippen LogP contribution in [0, 0.1) is 0 Å². The van der Waals surface area contributed by atoms with E-state index in [1.807, 2.05) is 12.2 Å². The van der Waals surface area contributed by atoms with Crippen molar-refractivity contribution in [2.45, 2.75) is 32.6 Å². The summed E-state index contributed by atoms with van der Waals surface area (Å²) in [4.78, 5) is 0. The van der Waals surface area contributed by atoms with E-state index in [9.17, 15) is 0 Å². The van der Waals surface area contributed by atoms with Crippen molar-refractivity contribution >= 4 is 0 Å². The number of allylic oxidation sites excluding steroid dienone is 2. The molecule has 0 atom stereocenters. The second-order valence-corrected chi connectivity index (χ2v) is 2.62. The highest BCUT2D eigenvalue weighted by molar-refractivity contribution is 5.15. The monoisotopic (exact) mass is 154 g/mol. The molecule has 0 aromatic rings. The van der Waals surface area contributed by atoms with Crippen LogP contribution in [0.1, 0.15) is 32.6 Å². The van der Waals surface area contributed by atoms with Crippen LogP contribution in [0.15, 0.2) is 24.3 Å². The Kier molecular flexibility index (Phi) is 7.16. The van der Waals surface area contributed by atoms with Gasteiger partial charge >= 0.3 is 0 Å². The maximum atomic E-state index is 8.60. The third-order valence-electron chi connectivity index (χ3n) is 1.68. The predicted molar refractivity (Wildman–Crippen MR) is 49.5 cm³/mol. The van der Waals surface area contributed by atoms with Gasteiger partial charge in [0.2, 0.25) is 0 Å². The highest BCUT2D eigenvalue weighted by atomic mass is 16.2. The van der Waals surface area contributed by atoms with Gasteiger partial charge in [0.25, 0.3) is 0 Å². The molecule has 11 heavy (non-hydrogen) atoms. The molecule has 0 heterocycles. The number of hydrogen-bond donors (Lipinski definition) is 1. The second kappa shape index (κ2) is 7.55. The van der Waals surface area contributed by atoms with Crippen LogP contribution in [-0.4, -0.2) is 11.7 Å². The van der Waals surface area contributed by atoms with Gasteiger partial charge in [-0.1, -0.05) is 44.1 Å². The van der Waals surface area contributed by atoms with Gasteiger partial charge in [-0.2, -0.15) is 0 Å². The van der Waals surface area contributed by atoms with Crippen LogP contribution < -0.4 is 0 Å². The highest BCUT2D eigenvalue weighted by Gasteiger charge is 1.90. The Hall–Kier alpha value is -0.560. The van der Waals surface area contributed by atoms with E-state index in [4.69, 9.17) is 5.11 Å². The van der Waals surface area contributed by atoms with E-state index in [1.54, 1.807) is 0 Å². The molecule has 0 unspecified atom stereocenters. The molecule has 0 saturated heterocycles. The molecule has 1 heteroatoms. The first-order valence-corrected chi connectivity index (χ1v) is 4.27. The van der Waals surface area contributed by atoms with E-state index in [0.717, 1.165) is 6.42 Å². The van der Waals surface area contributed by atoms with Crippen LogP contribution in [0.4, 0.5) is 0 Å². The van der Waals surface area contributed by atoms with E-state index in [2.05, 4.69) is 13.5 Å². The highest BCUT2D eigenvalue weighted by Crippen LogP contribution is 2.08. The predicted octanol–water partition coefficient (Wildman–Crippen LogP) is 2.67. The summed E-state index contributed by atoms with van der Waals surface area (Å²) in [7, 11) is 0. The lowest BCUT2D eigenvalue weighted by molar-refractivity contribution is 0.341. The molecule has 0 bridgehead atoms. The third kappa shape index (κ3) is 5.86. The van der Waals surface area contributed by atoms with Gasteiger partial charge in [-0.3, -0.25) is 0 Å². The van der Waals surface area contributed by atoms with Gasteiger partial charge in [-0.05, 0) is 12.8 Å². The largest absolute Gasteiger partial charge is 0.392 e. The van der Waals surface area contributed by atoms with Gasteiger partial charge in [0.1, 0.15) is 0 Å². The minimum Gasteiger partial charge on any atom is -0.392 e. The first kappa shape index (κ1) is 10.4. The average molecular weight is 154 g/mol. The molecule has 0 rings (SSSR count). The fraction of sp³-hybridized carbons (Fsp3) is 0.600. The molecular formula is C10H18O. The molecule has 0 fully saturated rings. The summed E-state index contributed by atoms with van der Waals surface area (Å²) in [6.45, 7) is 6.00. The normalized spacial score (nSPS) is 11.6. The molecular weight excluding hydrogens is 136 g/mol. The van der Waals surface area contributed by atoms with Crippen molar-refractivity contribution in [3.05, 3.63) is 24.3 Å². The molecule has 0 aliphatic heterocycles. The molecule has 0 aromatic heterocycles. The van der Waals surface area contributed by atoms with Crippen molar-refractivity contribution in [2.75, 3.05) is 6.61 Å². The summed E-state index contributed by atoms with van der Waals surface area (Å²) in [6.07, 6.45) is 8.40. The molecule has 0 amide bonds. The number of hydrogen-bond acceptors (Lipinski definition) is 1. The Bertz CT molecular complexity index is 125. The van der Waals surface area contributed by atoms with Gasteiger partial charge in [-0.25, -0.2) is 0 Å². The van der Waals surface area contributed by atoms with Gasteiger partial charge < -0.3 is 5.11 Å². The number of aliphatic hydroxyl groups excluding tert-OH is 1. The van der Waals surface area contributed by atoms with Crippen LogP contribution in [0.2, 0.25) is 0 Å². The Morgan fingerprint density at radius 1 is 1.45 bits per heavy atom. The summed E-state index contributed by atoms with van der Waals surface area (Å²) in [5.41, 5.74) is 1.17. The summed E-state index contributed by atoms with van der Waals surface area (Å²) >= 11 is 0. The zero-order valence-electron chi connectivity index (χ0n) is 7.34. The summed E-state index contributed by atoms with van der Waals surface area (Å²) in [5.74, 6) is 0. The number of aliphatic hydroxyl groups is 1. The first-order chi connectivity index (χ1) is 5.35. The molecule has 0 radical (unpaired) electrons. The molecule has 0 aliphatic rings. The van der Waals surface area contributed by atoms with Crippen LogP contribution in [0.5, 0.6) is 0 Å². The van der Waals surface area contributed by atoms with Crippen molar-refractivity contribution in [2.24, 2.45) is 0 Å². The summed E-state index contributed by atoms with van der Waals surface area (Å²) < 4.78 is 0. The van der Waals surface area contributed by atoms with Crippen LogP contribution >= 0.6 is 0 Å². The maximum Gasteiger partial charge on any atom is 0.0618 e. The smallest absolute Gasteiger partial charge is 0.0618 e. The first-order valence-electron chi connectivity index (χ1n) is 4.27. The van der Waals surface area contributed by atoms with E-state index in [1.165, 1.54) is 24.8 Å². The Morgan fingerprint density at radius 3 is 2.64 bits per heavy atom. The molecule has 0 spiro atoms. The SMILES string of the molecule is C=CC(=CCO)CCCCC. The maximum absolute atomic E-state index is 8.60. The van der Waals surface area contributed by atoms with Crippen LogP contribution in [-0.2, 0) is 0 Å². The zero-order chi connectivity index (χ0) is 8.53. The molecule has 0 aromatic carbocycles. The van der Waals surface area contributed by atoms with E-state index in [0.29, 0.717) is 0 Å². The molecule has 0 aliphatic carbocycles. The lowest BCUT2D eigenvalue weighted by Gasteiger charge is -1.99. The minimum absolute atomic E-state index is 0.132. The number of rotatable bonds is 6. The van der Waals surface area contributed by atoms with Gasteiger partial charge in [0.15, 0.2) is 0 Å². The molecule has 1 N–H and O–H groups in total.